The van der Waals surface area contributed by atoms with Crippen molar-refractivity contribution in [1.29, 1.82) is 0 Å². The zero-order chi connectivity index (χ0) is 18.1. The minimum Gasteiger partial charge on any atom is -0.465 e. The molecule has 1 fully saturated rings. The summed E-state index contributed by atoms with van der Waals surface area (Å²) in [5, 5.41) is 0.747. The molecule has 0 amide bonds. The summed E-state index contributed by atoms with van der Waals surface area (Å²) >= 11 is 1.30. The number of thioether (sulfide) groups is 1. The molecule has 5 nitrogen and oxygen atoms in total. The number of aromatic nitrogens is 2. The first kappa shape index (κ1) is 16.8. The van der Waals surface area contributed by atoms with Crippen LogP contribution in [0.1, 0.15) is 18.9 Å². The molecule has 1 aliphatic heterocycles. The summed E-state index contributed by atoms with van der Waals surface area (Å²) in [7, 11) is 0. The van der Waals surface area contributed by atoms with E-state index < -0.39 is 0 Å². The van der Waals surface area contributed by atoms with Crippen LogP contribution >= 0.6 is 11.8 Å². The highest BCUT2D eigenvalue weighted by Crippen LogP contribution is 2.30. The van der Waals surface area contributed by atoms with E-state index in [4.69, 9.17) is 4.74 Å². The Labute approximate surface area is 155 Å². The largest absolute Gasteiger partial charge is 0.465 e. The van der Waals surface area contributed by atoms with Gasteiger partial charge in [0.25, 0.3) is 5.56 Å². The third-order valence-corrected chi connectivity index (χ3v) is 5.68. The van der Waals surface area contributed by atoms with E-state index in [9.17, 15) is 9.59 Å². The van der Waals surface area contributed by atoms with Crippen molar-refractivity contribution >= 4 is 28.6 Å². The van der Waals surface area contributed by atoms with Crippen molar-refractivity contribution in [1.82, 2.24) is 9.55 Å². The standard InChI is InChI=1S/C20H18N2O3S/c1-2-13-7-9-14(10-8-13)22-18(23)15-5-3-4-6-16(15)21-20(22)26-17-11-12-25-19(17)24/h3-10,17H,2,11-12H2,1H3/t17-/m1/s1. The first-order valence-corrected chi connectivity index (χ1v) is 9.49. The highest BCUT2D eigenvalue weighted by atomic mass is 32.2. The molecule has 0 saturated carbocycles. The number of aryl methyl sites for hydroxylation is 1. The van der Waals surface area contributed by atoms with E-state index in [1.165, 1.54) is 17.3 Å². The molecule has 0 N–H and O–H groups in total. The van der Waals surface area contributed by atoms with Gasteiger partial charge in [-0.05, 0) is 36.2 Å². The highest BCUT2D eigenvalue weighted by molar-refractivity contribution is 8.00. The van der Waals surface area contributed by atoms with Crippen LogP contribution in [0.5, 0.6) is 0 Å². The fourth-order valence-corrected chi connectivity index (χ4v) is 4.09. The molecule has 0 bridgehead atoms. The maximum absolute atomic E-state index is 13.2. The highest BCUT2D eigenvalue weighted by Gasteiger charge is 2.29. The first-order chi connectivity index (χ1) is 12.7. The van der Waals surface area contributed by atoms with E-state index >= 15 is 0 Å². The van der Waals surface area contributed by atoms with Gasteiger partial charge in [0.15, 0.2) is 5.16 Å². The molecule has 6 heteroatoms. The number of carbonyl (C=O) groups excluding carboxylic acids is 1. The minimum absolute atomic E-state index is 0.131. The first-order valence-electron chi connectivity index (χ1n) is 8.62. The second kappa shape index (κ2) is 6.96. The second-order valence-corrected chi connectivity index (χ2v) is 7.30. The van der Waals surface area contributed by atoms with Crippen molar-refractivity contribution < 1.29 is 9.53 Å². The Hall–Kier alpha value is -2.60. The average molecular weight is 366 g/mol. The van der Waals surface area contributed by atoms with Crippen LogP contribution in [0.25, 0.3) is 16.6 Å². The van der Waals surface area contributed by atoms with Crippen molar-refractivity contribution in [3.05, 3.63) is 64.4 Å². The van der Waals surface area contributed by atoms with Gasteiger partial charge in [0.2, 0.25) is 0 Å². The molecule has 1 atom stereocenters. The number of cyclic esters (lactones) is 1. The lowest BCUT2D eigenvalue weighted by Gasteiger charge is -2.15. The summed E-state index contributed by atoms with van der Waals surface area (Å²) in [6.07, 6.45) is 1.56. The number of hydrogen-bond donors (Lipinski definition) is 0. The molecular formula is C20H18N2O3S. The summed E-state index contributed by atoms with van der Waals surface area (Å²) in [6, 6.07) is 15.1. The average Bonchev–Trinajstić information content (AvgIpc) is 3.07. The molecule has 0 radical (unpaired) electrons. The number of fused-ring (bicyclic) bond motifs is 1. The van der Waals surface area contributed by atoms with Crippen LogP contribution < -0.4 is 5.56 Å². The molecule has 1 aromatic heterocycles. The number of nitrogens with zero attached hydrogens (tertiary/aromatic N) is 2. The summed E-state index contributed by atoms with van der Waals surface area (Å²) < 4.78 is 6.65. The molecular weight excluding hydrogens is 348 g/mol. The number of esters is 1. The molecule has 1 aliphatic rings. The predicted octanol–water partition coefficient (Wildman–Crippen LogP) is 3.36. The second-order valence-electron chi connectivity index (χ2n) is 6.13. The Balaban J connectivity index is 1.89. The van der Waals surface area contributed by atoms with Gasteiger partial charge in [-0.15, -0.1) is 0 Å². The van der Waals surface area contributed by atoms with Gasteiger partial charge in [-0.1, -0.05) is 43.0 Å². The molecule has 0 unspecified atom stereocenters. The smallest absolute Gasteiger partial charge is 0.319 e. The molecule has 132 valence electrons. The maximum Gasteiger partial charge on any atom is 0.319 e. The van der Waals surface area contributed by atoms with Crippen LogP contribution in [0.4, 0.5) is 0 Å². The number of rotatable bonds is 4. The predicted molar refractivity (Wildman–Crippen MR) is 102 cm³/mol. The lowest BCUT2D eigenvalue weighted by Crippen LogP contribution is -2.23. The Bertz CT molecular complexity index is 1030. The summed E-state index contributed by atoms with van der Waals surface area (Å²) in [4.78, 5) is 29.7. The van der Waals surface area contributed by atoms with Crippen LogP contribution in [0.2, 0.25) is 0 Å². The van der Waals surface area contributed by atoms with Gasteiger partial charge in [0, 0.05) is 6.42 Å². The Morgan fingerprint density at radius 3 is 2.62 bits per heavy atom. The van der Waals surface area contributed by atoms with Crippen molar-refractivity contribution in [2.24, 2.45) is 0 Å². The third-order valence-electron chi connectivity index (χ3n) is 4.48. The maximum atomic E-state index is 13.2. The summed E-state index contributed by atoms with van der Waals surface area (Å²) in [5.41, 5.74) is 2.45. The quantitative estimate of drug-likeness (QED) is 0.523. The number of para-hydroxylation sites is 1. The van der Waals surface area contributed by atoms with Crippen LogP contribution in [0, 0.1) is 0 Å². The van der Waals surface area contributed by atoms with E-state index in [1.54, 1.807) is 10.6 Å². The van der Waals surface area contributed by atoms with E-state index in [0.29, 0.717) is 29.1 Å². The van der Waals surface area contributed by atoms with Crippen LogP contribution in [0.15, 0.2) is 58.5 Å². The van der Waals surface area contributed by atoms with Crippen molar-refractivity contribution in [2.75, 3.05) is 6.61 Å². The number of carbonyl (C=O) groups is 1. The normalized spacial score (nSPS) is 16.8. The van der Waals surface area contributed by atoms with Gasteiger partial charge in [0.05, 0.1) is 23.2 Å². The molecule has 2 heterocycles. The summed E-state index contributed by atoms with van der Waals surface area (Å²) in [6.45, 7) is 2.51. The van der Waals surface area contributed by atoms with Gasteiger partial charge in [-0.2, -0.15) is 0 Å². The van der Waals surface area contributed by atoms with E-state index in [1.807, 2.05) is 42.5 Å². The van der Waals surface area contributed by atoms with Crippen LogP contribution in [-0.4, -0.2) is 27.4 Å². The lowest BCUT2D eigenvalue weighted by molar-refractivity contribution is -0.137. The van der Waals surface area contributed by atoms with E-state index in [2.05, 4.69) is 11.9 Å². The van der Waals surface area contributed by atoms with Crippen LogP contribution in [0.3, 0.4) is 0 Å². The summed E-state index contributed by atoms with van der Waals surface area (Å²) in [5.74, 6) is -0.245. The Morgan fingerprint density at radius 1 is 1.15 bits per heavy atom. The zero-order valence-corrected chi connectivity index (χ0v) is 15.2. The van der Waals surface area contributed by atoms with Gasteiger partial charge in [-0.3, -0.25) is 14.2 Å². The molecule has 0 aliphatic carbocycles. The molecule has 2 aromatic carbocycles. The molecule has 4 rings (SSSR count). The fourth-order valence-electron chi connectivity index (χ4n) is 3.01. The lowest BCUT2D eigenvalue weighted by atomic mass is 10.1. The van der Waals surface area contributed by atoms with Gasteiger partial charge in [-0.25, -0.2) is 4.98 Å². The third kappa shape index (κ3) is 3.01. The van der Waals surface area contributed by atoms with E-state index in [-0.39, 0.29) is 16.8 Å². The van der Waals surface area contributed by atoms with Crippen molar-refractivity contribution in [3.8, 4) is 5.69 Å². The van der Waals surface area contributed by atoms with Crippen LogP contribution in [-0.2, 0) is 16.0 Å². The minimum atomic E-state index is -0.329. The fraction of sp³-hybridized carbons (Fsp3) is 0.250. The molecule has 26 heavy (non-hydrogen) atoms. The van der Waals surface area contributed by atoms with Crippen molar-refractivity contribution in [2.45, 2.75) is 30.2 Å². The SMILES string of the molecule is CCc1ccc(-n2c(S[C@@H]3CCOC3=O)nc3ccccc3c2=O)cc1. The zero-order valence-electron chi connectivity index (χ0n) is 14.3. The molecule has 3 aromatic rings. The topological polar surface area (TPSA) is 61.2 Å². The molecule has 0 spiro atoms. The Morgan fingerprint density at radius 2 is 1.92 bits per heavy atom. The van der Waals surface area contributed by atoms with Gasteiger partial charge >= 0.3 is 5.97 Å². The van der Waals surface area contributed by atoms with Gasteiger partial charge in [0.1, 0.15) is 5.25 Å². The van der Waals surface area contributed by atoms with Gasteiger partial charge < -0.3 is 4.74 Å². The molecule has 1 saturated heterocycles. The van der Waals surface area contributed by atoms with Crippen molar-refractivity contribution in [3.63, 3.8) is 0 Å². The Kier molecular flexibility index (Phi) is 4.51. The monoisotopic (exact) mass is 366 g/mol. The van der Waals surface area contributed by atoms with E-state index in [0.717, 1.165) is 12.1 Å². The number of ether oxygens (including phenoxy) is 1. The number of hydrogen-bond acceptors (Lipinski definition) is 5. The number of benzene rings is 2.